The van der Waals surface area contributed by atoms with Gasteiger partial charge in [0.25, 0.3) is 0 Å². The molecule has 1 aliphatic rings. The largest absolute Gasteiger partial charge is 0.478 e. The SMILES string of the molecule is Cc1cc2c(cc1C)C(=O)c1cc(C(=O)O)c(C(=O)O)cc1C2=O. The lowest BCUT2D eigenvalue weighted by Gasteiger charge is -2.20. The molecule has 120 valence electrons. The number of aryl methyl sites for hydroxylation is 2. The Morgan fingerprint density at radius 2 is 0.958 bits per heavy atom. The first-order valence-electron chi connectivity index (χ1n) is 7.07. The highest BCUT2D eigenvalue weighted by atomic mass is 16.4. The fourth-order valence-corrected chi connectivity index (χ4v) is 2.81. The van der Waals surface area contributed by atoms with E-state index in [0.29, 0.717) is 0 Å². The van der Waals surface area contributed by atoms with Crippen molar-refractivity contribution in [3.05, 3.63) is 68.8 Å². The summed E-state index contributed by atoms with van der Waals surface area (Å²) in [5.74, 6) is -3.91. The Morgan fingerprint density at radius 1 is 0.667 bits per heavy atom. The molecule has 0 aliphatic heterocycles. The maximum Gasteiger partial charge on any atom is 0.336 e. The number of rotatable bonds is 2. The second-order valence-corrected chi connectivity index (χ2v) is 5.69. The number of carbonyl (C=O) groups excluding carboxylic acids is 2. The molecular weight excluding hydrogens is 312 g/mol. The summed E-state index contributed by atoms with van der Waals surface area (Å²) >= 11 is 0. The molecule has 0 spiro atoms. The molecule has 0 heterocycles. The predicted octanol–water partition coefficient (Wildman–Crippen LogP) is 2.48. The van der Waals surface area contributed by atoms with Crippen LogP contribution in [0.15, 0.2) is 24.3 Å². The molecule has 0 unspecified atom stereocenters. The molecule has 0 radical (unpaired) electrons. The lowest BCUT2D eigenvalue weighted by atomic mass is 9.80. The van der Waals surface area contributed by atoms with E-state index in [2.05, 4.69) is 0 Å². The molecule has 0 saturated carbocycles. The number of hydrogen-bond donors (Lipinski definition) is 2. The van der Waals surface area contributed by atoms with Gasteiger partial charge in [0.15, 0.2) is 11.6 Å². The van der Waals surface area contributed by atoms with Crippen LogP contribution < -0.4 is 0 Å². The minimum absolute atomic E-state index is 0.0850. The maximum atomic E-state index is 12.7. The average Bonchev–Trinajstić information content (AvgIpc) is 2.53. The first-order valence-corrected chi connectivity index (χ1v) is 7.07. The number of aromatic carboxylic acids is 2. The first kappa shape index (κ1) is 15.6. The predicted molar refractivity (Wildman–Crippen MR) is 83.1 cm³/mol. The number of carboxylic acid groups (broad SMARTS) is 2. The van der Waals surface area contributed by atoms with E-state index in [1.54, 1.807) is 26.0 Å². The Balaban J connectivity index is 2.34. The molecule has 2 aromatic rings. The van der Waals surface area contributed by atoms with Crippen molar-refractivity contribution in [3.8, 4) is 0 Å². The van der Waals surface area contributed by atoms with Crippen LogP contribution in [0.5, 0.6) is 0 Å². The Labute approximate surface area is 136 Å². The molecule has 3 rings (SSSR count). The van der Waals surface area contributed by atoms with Crippen LogP contribution in [0.3, 0.4) is 0 Å². The Bertz CT molecular complexity index is 890. The van der Waals surface area contributed by atoms with Crippen molar-refractivity contribution in [2.24, 2.45) is 0 Å². The molecule has 6 heteroatoms. The summed E-state index contributed by atoms with van der Waals surface area (Å²) in [5, 5.41) is 18.4. The molecule has 24 heavy (non-hydrogen) atoms. The monoisotopic (exact) mass is 324 g/mol. The number of carboxylic acids is 2. The molecule has 1 aliphatic carbocycles. The highest BCUT2D eigenvalue weighted by Gasteiger charge is 2.33. The quantitative estimate of drug-likeness (QED) is 0.749. The van der Waals surface area contributed by atoms with Crippen molar-refractivity contribution in [2.45, 2.75) is 13.8 Å². The first-order chi connectivity index (χ1) is 11.2. The molecular formula is C18H12O6. The van der Waals surface area contributed by atoms with Gasteiger partial charge >= 0.3 is 11.9 Å². The van der Waals surface area contributed by atoms with Crippen LogP contribution in [-0.4, -0.2) is 33.7 Å². The van der Waals surface area contributed by atoms with E-state index in [4.69, 9.17) is 0 Å². The highest BCUT2D eigenvalue weighted by molar-refractivity contribution is 6.29. The number of benzene rings is 2. The normalized spacial score (nSPS) is 12.6. The zero-order chi connectivity index (χ0) is 17.8. The number of carbonyl (C=O) groups is 4. The van der Waals surface area contributed by atoms with E-state index < -0.39 is 34.6 Å². The average molecular weight is 324 g/mol. The van der Waals surface area contributed by atoms with Gasteiger partial charge in [-0.25, -0.2) is 9.59 Å². The van der Waals surface area contributed by atoms with Crippen LogP contribution in [-0.2, 0) is 0 Å². The van der Waals surface area contributed by atoms with Gasteiger partial charge in [-0.15, -0.1) is 0 Å². The van der Waals surface area contributed by atoms with Crippen LogP contribution in [0.2, 0.25) is 0 Å². The van der Waals surface area contributed by atoms with Crippen molar-refractivity contribution >= 4 is 23.5 Å². The molecule has 0 bridgehead atoms. The zero-order valence-electron chi connectivity index (χ0n) is 12.8. The van der Waals surface area contributed by atoms with Crippen LogP contribution >= 0.6 is 0 Å². The third-order valence-corrected chi connectivity index (χ3v) is 4.23. The van der Waals surface area contributed by atoms with Gasteiger partial charge < -0.3 is 10.2 Å². The van der Waals surface area contributed by atoms with Gasteiger partial charge in [-0.3, -0.25) is 9.59 Å². The molecule has 2 N–H and O–H groups in total. The van der Waals surface area contributed by atoms with E-state index in [-0.39, 0.29) is 22.3 Å². The van der Waals surface area contributed by atoms with Crippen LogP contribution in [0.4, 0.5) is 0 Å². The maximum absolute atomic E-state index is 12.7. The molecule has 0 saturated heterocycles. The number of fused-ring (bicyclic) bond motifs is 2. The van der Waals surface area contributed by atoms with E-state index in [9.17, 15) is 29.4 Å². The minimum Gasteiger partial charge on any atom is -0.478 e. The van der Waals surface area contributed by atoms with Gasteiger partial charge in [0.1, 0.15) is 0 Å². The molecule has 0 aromatic heterocycles. The van der Waals surface area contributed by atoms with Crippen molar-refractivity contribution in [2.75, 3.05) is 0 Å². The minimum atomic E-state index is -1.47. The van der Waals surface area contributed by atoms with E-state index >= 15 is 0 Å². The van der Waals surface area contributed by atoms with Crippen molar-refractivity contribution < 1.29 is 29.4 Å². The van der Waals surface area contributed by atoms with Crippen LogP contribution in [0.25, 0.3) is 0 Å². The Hall–Kier alpha value is -3.28. The summed E-state index contributed by atoms with van der Waals surface area (Å²) in [5.41, 5.74) is 0.864. The van der Waals surface area contributed by atoms with Gasteiger partial charge in [0, 0.05) is 22.3 Å². The smallest absolute Gasteiger partial charge is 0.336 e. The molecule has 6 nitrogen and oxygen atoms in total. The second kappa shape index (κ2) is 5.13. The van der Waals surface area contributed by atoms with Gasteiger partial charge in [0.2, 0.25) is 0 Å². The molecule has 0 atom stereocenters. The lowest BCUT2D eigenvalue weighted by Crippen LogP contribution is -2.23. The van der Waals surface area contributed by atoms with Gasteiger partial charge in [-0.2, -0.15) is 0 Å². The fourth-order valence-electron chi connectivity index (χ4n) is 2.81. The van der Waals surface area contributed by atoms with E-state index in [1.807, 2.05) is 0 Å². The Kier molecular flexibility index (Phi) is 3.33. The van der Waals surface area contributed by atoms with E-state index in [0.717, 1.165) is 23.3 Å². The third-order valence-electron chi connectivity index (χ3n) is 4.23. The van der Waals surface area contributed by atoms with Gasteiger partial charge in [-0.1, -0.05) is 0 Å². The third kappa shape index (κ3) is 2.11. The zero-order valence-corrected chi connectivity index (χ0v) is 12.8. The summed E-state index contributed by atoms with van der Waals surface area (Å²) in [4.78, 5) is 47.9. The van der Waals surface area contributed by atoms with Gasteiger partial charge in [-0.05, 0) is 49.2 Å². The summed E-state index contributed by atoms with van der Waals surface area (Å²) in [6.07, 6.45) is 0. The summed E-state index contributed by atoms with van der Waals surface area (Å²) in [7, 11) is 0. The topological polar surface area (TPSA) is 109 Å². The fraction of sp³-hybridized carbons (Fsp3) is 0.111. The van der Waals surface area contributed by atoms with Crippen LogP contribution in [0.1, 0.15) is 63.7 Å². The summed E-state index contributed by atoms with van der Waals surface area (Å²) in [6.45, 7) is 3.61. The van der Waals surface area contributed by atoms with Crippen LogP contribution in [0, 0.1) is 13.8 Å². The summed E-state index contributed by atoms with van der Waals surface area (Å²) < 4.78 is 0. The second-order valence-electron chi connectivity index (χ2n) is 5.69. The number of ketones is 2. The molecule has 0 amide bonds. The summed E-state index contributed by atoms with van der Waals surface area (Å²) in [6, 6.07) is 5.14. The molecule has 0 fully saturated rings. The van der Waals surface area contributed by atoms with Gasteiger partial charge in [0.05, 0.1) is 11.1 Å². The standard InChI is InChI=1S/C18H12O6/c1-7-3-9-10(4-8(7)2)16(20)12-6-14(18(23)24)13(17(21)22)5-11(12)15(9)19/h3-6H,1-2H3,(H,21,22)(H,23,24). The van der Waals surface area contributed by atoms with Crippen molar-refractivity contribution in [3.63, 3.8) is 0 Å². The number of hydrogen-bond acceptors (Lipinski definition) is 4. The highest BCUT2D eigenvalue weighted by Crippen LogP contribution is 2.31. The molecule has 2 aromatic carbocycles. The van der Waals surface area contributed by atoms with Crippen molar-refractivity contribution in [1.29, 1.82) is 0 Å². The lowest BCUT2D eigenvalue weighted by molar-refractivity contribution is 0.0651. The van der Waals surface area contributed by atoms with Crippen molar-refractivity contribution in [1.82, 2.24) is 0 Å². The van der Waals surface area contributed by atoms with E-state index in [1.165, 1.54) is 0 Å². The Morgan fingerprint density at radius 3 is 1.25 bits per heavy atom.